The minimum atomic E-state index is -0.800. The predicted molar refractivity (Wildman–Crippen MR) is 50.5 cm³/mol. The summed E-state index contributed by atoms with van der Waals surface area (Å²) in [4.78, 5) is 0. The summed E-state index contributed by atoms with van der Waals surface area (Å²) >= 11 is 0. The molecule has 0 radical (unpaired) electrons. The molecule has 0 heterocycles. The first-order chi connectivity index (χ1) is 5.66. The molecule has 3 heteroatoms. The van der Waals surface area contributed by atoms with Crippen molar-refractivity contribution in [1.29, 1.82) is 0 Å². The molecule has 1 aromatic rings. The quantitative estimate of drug-likeness (QED) is 0.649. The van der Waals surface area contributed by atoms with E-state index in [1.807, 2.05) is 32.0 Å². The fraction of sp³-hybridized carbons (Fsp3) is 0.333. The maximum Gasteiger partial charge on any atom is 0.491 e. The van der Waals surface area contributed by atoms with E-state index in [0.717, 1.165) is 16.6 Å². The van der Waals surface area contributed by atoms with E-state index in [2.05, 4.69) is 0 Å². The van der Waals surface area contributed by atoms with E-state index in [9.17, 15) is 5.02 Å². The van der Waals surface area contributed by atoms with Gasteiger partial charge in [-0.05, 0) is 19.3 Å². The number of hydrogen-bond acceptors (Lipinski definition) is 2. The summed E-state index contributed by atoms with van der Waals surface area (Å²) in [6.07, 6.45) is 0. The SMILES string of the molecule is COB(O)c1c(C)cccc1C. The molecule has 0 amide bonds. The first-order valence-electron chi connectivity index (χ1n) is 3.93. The van der Waals surface area contributed by atoms with Gasteiger partial charge in [-0.15, -0.1) is 0 Å². The molecule has 0 saturated heterocycles. The lowest BCUT2D eigenvalue weighted by Crippen LogP contribution is -2.36. The average molecular weight is 164 g/mol. The van der Waals surface area contributed by atoms with Crippen LogP contribution in [0.15, 0.2) is 18.2 Å². The summed E-state index contributed by atoms with van der Waals surface area (Å²) in [6.45, 7) is 3.93. The summed E-state index contributed by atoms with van der Waals surface area (Å²) < 4.78 is 4.85. The Balaban J connectivity index is 3.12. The Morgan fingerprint density at radius 2 is 1.75 bits per heavy atom. The highest BCUT2D eigenvalue weighted by molar-refractivity contribution is 6.61. The summed E-state index contributed by atoms with van der Waals surface area (Å²) in [5.74, 6) is 0. The van der Waals surface area contributed by atoms with Gasteiger partial charge in [-0.3, -0.25) is 0 Å². The summed E-state index contributed by atoms with van der Waals surface area (Å²) in [5.41, 5.74) is 2.99. The Hall–Kier alpha value is -0.795. The van der Waals surface area contributed by atoms with Gasteiger partial charge in [-0.2, -0.15) is 0 Å². The summed E-state index contributed by atoms with van der Waals surface area (Å²) in [6, 6.07) is 5.89. The van der Waals surface area contributed by atoms with Crippen molar-refractivity contribution < 1.29 is 9.68 Å². The second-order valence-corrected chi connectivity index (χ2v) is 2.89. The van der Waals surface area contributed by atoms with Crippen molar-refractivity contribution in [2.24, 2.45) is 0 Å². The van der Waals surface area contributed by atoms with Crippen LogP contribution in [0, 0.1) is 13.8 Å². The van der Waals surface area contributed by atoms with E-state index in [1.165, 1.54) is 7.11 Å². The van der Waals surface area contributed by atoms with Gasteiger partial charge in [0.05, 0.1) is 0 Å². The number of aryl methyl sites for hydroxylation is 2. The summed E-state index contributed by atoms with van der Waals surface area (Å²) in [5, 5.41) is 9.47. The molecule has 12 heavy (non-hydrogen) atoms. The van der Waals surface area contributed by atoms with Crippen molar-refractivity contribution in [3.8, 4) is 0 Å². The Morgan fingerprint density at radius 1 is 1.25 bits per heavy atom. The van der Waals surface area contributed by atoms with Gasteiger partial charge in [0, 0.05) is 7.11 Å². The predicted octanol–water partition coefficient (Wildman–Crippen LogP) is 0.637. The highest BCUT2D eigenvalue weighted by Crippen LogP contribution is 2.01. The van der Waals surface area contributed by atoms with Crippen molar-refractivity contribution in [3.05, 3.63) is 29.3 Å². The Labute approximate surface area is 73.3 Å². The van der Waals surface area contributed by atoms with Crippen molar-refractivity contribution in [1.82, 2.24) is 0 Å². The third kappa shape index (κ3) is 1.68. The zero-order valence-corrected chi connectivity index (χ0v) is 7.66. The Kier molecular flexibility index (Phi) is 2.90. The molecular weight excluding hydrogens is 151 g/mol. The molecule has 2 nitrogen and oxygen atoms in total. The lowest BCUT2D eigenvalue weighted by molar-refractivity contribution is 0.341. The normalized spacial score (nSPS) is 10.0. The third-order valence-electron chi connectivity index (χ3n) is 2.01. The molecule has 0 unspecified atom stereocenters. The van der Waals surface area contributed by atoms with Crippen LogP contribution in [-0.4, -0.2) is 19.3 Å². The second-order valence-electron chi connectivity index (χ2n) is 2.89. The smallest absolute Gasteiger partial charge is 0.423 e. The van der Waals surface area contributed by atoms with E-state index in [-0.39, 0.29) is 0 Å². The van der Waals surface area contributed by atoms with Gasteiger partial charge in [0.25, 0.3) is 0 Å². The molecule has 1 N–H and O–H groups in total. The maximum absolute atomic E-state index is 9.47. The highest BCUT2D eigenvalue weighted by atomic mass is 16.5. The van der Waals surface area contributed by atoms with Crippen LogP contribution in [0.1, 0.15) is 11.1 Å². The van der Waals surface area contributed by atoms with Crippen LogP contribution in [0.3, 0.4) is 0 Å². The van der Waals surface area contributed by atoms with Crippen molar-refractivity contribution in [2.45, 2.75) is 13.8 Å². The van der Waals surface area contributed by atoms with Crippen LogP contribution in [0.4, 0.5) is 0 Å². The van der Waals surface area contributed by atoms with Gasteiger partial charge in [0.15, 0.2) is 0 Å². The molecular formula is C9H13BO2. The molecule has 0 bridgehead atoms. The molecule has 0 atom stereocenters. The maximum atomic E-state index is 9.47. The molecule has 0 aliphatic carbocycles. The molecule has 0 saturated carbocycles. The number of rotatable bonds is 2. The molecule has 1 rings (SSSR count). The largest absolute Gasteiger partial charge is 0.491 e. The van der Waals surface area contributed by atoms with E-state index in [4.69, 9.17) is 4.65 Å². The minimum absolute atomic E-state index is 0.800. The van der Waals surface area contributed by atoms with E-state index >= 15 is 0 Å². The molecule has 0 aromatic heterocycles. The average Bonchev–Trinajstić information content (AvgIpc) is 2.03. The molecule has 64 valence electrons. The van der Waals surface area contributed by atoms with Gasteiger partial charge in [0.2, 0.25) is 0 Å². The third-order valence-corrected chi connectivity index (χ3v) is 2.01. The first kappa shape index (κ1) is 9.29. The number of hydrogen-bond donors (Lipinski definition) is 1. The van der Waals surface area contributed by atoms with E-state index in [1.54, 1.807) is 0 Å². The van der Waals surface area contributed by atoms with Crippen LogP contribution in [0.5, 0.6) is 0 Å². The number of benzene rings is 1. The fourth-order valence-corrected chi connectivity index (χ4v) is 1.33. The lowest BCUT2D eigenvalue weighted by Gasteiger charge is -2.10. The first-order valence-corrected chi connectivity index (χ1v) is 3.93. The molecule has 0 fully saturated rings. The zero-order chi connectivity index (χ0) is 9.14. The van der Waals surface area contributed by atoms with Gasteiger partial charge in [-0.1, -0.05) is 29.3 Å². The van der Waals surface area contributed by atoms with Gasteiger partial charge < -0.3 is 9.68 Å². The Bertz CT molecular complexity index is 253. The van der Waals surface area contributed by atoms with E-state index < -0.39 is 7.12 Å². The zero-order valence-electron chi connectivity index (χ0n) is 7.66. The molecule has 0 aliphatic rings. The monoisotopic (exact) mass is 164 g/mol. The van der Waals surface area contributed by atoms with Crippen LogP contribution >= 0.6 is 0 Å². The minimum Gasteiger partial charge on any atom is -0.423 e. The van der Waals surface area contributed by atoms with Gasteiger partial charge in [-0.25, -0.2) is 0 Å². The Morgan fingerprint density at radius 3 is 2.17 bits per heavy atom. The molecule has 0 aliphatic heterocycles. The van der Waals surface area contributed by atoms with Crippen LogP contribution in [-0.2, 0) is 4.65 Å². The van der Waals surface area contributed by atoms with Crippen LogP contribution in [0.2, 0.25) is 0 Å². The van der Waals surface area contributed by atoms with Gasteiger partial charge >= 0.3 is 7.12 Å². The van der Waals surface area contributed by atoms with Crippen molar-refractivity contribution in [2.75, 3.05) is 7.11 Å². The molecule has 0 spiro atoms. The topological polar surface area (TPSA) is 29.5 Å². The standard InChI is InChI=1S/C9H13BO2/c1-7-5-4-6-8(2)9(7)10(11)12-3/h4-6,11H,1-3H3. The lowest BCUT2D eigenvalue weighted by atomic mass is 9.74. The van der Waals surface area contributed by atoms with Crippen LogP contribution in [0.25, 0.3) is 0 Å². The van der Waals surface area contributed by atoms with Crippen molar-refractivity contribution >= 4 is 12.6 Å². The second kappa shape index (κ2) is 3.74. The fourth-order valence-electron chi connectivity index (χ4n) is 1.33. The highest BCUT2D eigenvalue weighted by Gasteiger charge is 2.18. The van der Waals surface area contributed by atoms with E-state index in [0.29, 0.717) is 0 Å². The van der Waals surface area contributed by atoms with Gasteiger partial charge in [0.1, 0.15) is 0 Å². The summed E-state index contributed by atoms with van der Waals surface area (Å²) in [7, 11) is 0.697. The van der Waals surface area contributed by atoms with Crippen LogP contribution < -0.4 is 5.46 Å². The molecule has 1 aromatic carbocycles. The van der Waals surface area contributed by atoms with Crippen molar-refractivity contribution in [3.63, 3.8) is 0 Å².